The van der Waals surface area contributed by atoms with Crippen LogP contribution in [0, 0.1) is 11.6 Å². The Bertz CT molecular complexity index is 1260. The van der Waals surface area contributed by atoms with Gasteiger partial charge >= 0.3 is 12.1 Å². The van der Waals surface area contributed by atoms with Gasteiger partial charge in [-0.05, 0) is 30.3 Å². The van der Waals surface area contributed by atoms with Crippen LogP contribution in [-0.2, 0) is 16.2 Å². The van der Waals surface area contributed by atoms with Crippen molar-refractivity contribution in [3.8, 4) is 5.75 Å². The number of halogens is 7. The van der Waals surface area contributed by atoms with Gasteiger partial charge in [0, 0.05) is 5.02 Å². The average molecular weight is 511 g/mol. The number of carbonyl (C=O) groups is 3. The van der Waals surface area contributed by atoms with E-state index < -0.39 is 58.4 Å². The molecule has 0 radical (unpaired) electrons. The lowest BCUT2D eigenvalue weighted by Gasteiger charge is -2.20. The molecule has 174 valence electrons. The van der Waals surface area contributed by atoms with E-state index >= 15 is 0 Å². The number of carbonyl (C=O) groups excluding carboxylic acids is 3. The van der Waals surface area contributed by atoms with Crippen molar-refractivity contribution >= 4 is 50.9 Å². The first-order valence-corrected chi connectivity index (χ1v) is 9.83. The second kappa shape index (κ2) is 9.35. The number of alkyl halides is 4. The zero-order chi connectivity index (χ0) is 24.5. The monoisotopic (exact) mass is 510 g/mol. The van der Waals surface area contributed by atoms with Gasteiger partial charge in [-0.25, -0.2) is 23.1 Å². The highest BCUT2D eigenvalue weighted by Gasteiger charge is 2.48. The van der Waals surface area contributed by atoms with Crippen LogP contribution in [0.5, 0.6) is 5.75 Å². The van der Waals surface area contributed by atoms with Crippen LogP contribution in [0.3, 0.4) is 0 Å². The Kier molecular flexibility index (Phi) is 6.93. The number of rotatable bonds is 5. The van der Waals surface area contributed by atoms with Crippen LogP contribution in [0.2, 0.25) is 5.02 Å². The van der Waals surface area contributed by atoms with Crippen LogP contribution in [0.4, 0.5) is 26.3 Å². The van der Waals surface area contributed by atoms with Crippen molar-refractivity contribution < 1.29 is 45.5 Å². The molecule has 3 aromatic rings. The Balaban J connectivity index is 1.92. The number of thiazole rings is 1. The van der Waals surface area contributed by atoms with E-state index in [-0.39, 0.29) is 6.61 Å². The van der Waals surface area contributed by atoms with E-state index in [2.05, 4.69) is 4.98 Å². The zero-order valence-corrected chi connectivity index (χ0v) is 17.5. The van der Waals surface area contributed by atoms with Crippen LogP contribution in [0.25, 0.3) is 10.2 Å². The van der Waals surface area contributed by atoms with E-state index in [9.17, 15) is 40.7 Å². The summed E-state index contributed by atoms with van der Waals surface area (Å²) >= 11 is 7.00. The Morgan fingerprint density at radius 3 is 2.45 bits per heavy atom. The number of nitrogens with zero attached hydrogens (tertiary/aromatic N) is 2. The largest absolute Gasteiger partial charge is 0.483 e. The quantitative estimate of drug-likeness (QED) is 0.459. The van der Waals surface area contributed by atoms with Gasteiger partial charge in [0.05, 0.1) is 10.2 Å². The minimum atomic E-state index is -5.79. The number of fused-ring (bicyclic) bond motifs is 1. The normalized spacial score (nSPS) is 11.5. The molecule has 0 unspecified atom stereocenters. The Morgan fingerprint density at radius 2 is 1.82 bits per heavy atom. The first-order chi connectivity index (χ1) is 15.4. The molecule has 0 N–H and O–H groups in total. The van der Waals surface area contributed by atoms with Gasteiger partial charge in [0.1, 0.15) is 23.0 Å². The maximum absolute atomic E-state index is 14.8. The van der Waals surface area contributed by atoms with E-state index in [0.29, 0.717) is 26.3 Å². The summed E-state index contributed by atoms with van der Waals surface area (Å²) in [5.74, 6) is -12.0. The Labute approximate surface area is 189 Å². The fraction of sp³-hybridized carbons (Fsp3) is 0.158. The highest BCUT2D eigenvalue weighted by atomic mass is 35.5. The van der Waals surface area contributed by atoms with Crippen molar-refractivity contribution in [1.82, 2.24) is 9.88 Å². The lowest BCUT2D eigenvalue weighted by atomic mass is 10.1. The summed E-state index contributed by atoms with van der Waals surface area (Å²) in [6.07, 6.45) is -5.79. The molecular formula is C19H9ClF6N2O4S. The predicted octanol–water partition coefficient (Wildman–Crippen LogP) is 4.83. The third kappa shape index (κ3) is 5.09. The third-order valence-electron chi connectivity index (χ3n) is 4.03. The first kappa shape index (κ1) is 24.5. The second-order valence-electron chi connectivity index (χ2n) is 6.21. The molecule has 3 rings (SSSR count). The minimum Gasteiger partial charge on any atom is -0.483 e. The number of amides is 3. The standard InChI is InChI=1S/C19H9ClF6N2O4S/c20-8-1-4-12-10(5-8)27-13(33-12)7-32-11-3-2-9(22)15(16(11)23)17(30)28(14(29)6-21)18(31)19(24,25)26/h1-5H,6-7H2. The van der Waals surface area contributed by atoms with Crippen molar-refractivity contribution in [2.45, 2.75) is 12.8 Å². The molecule has 0 spiro atoms. The molecule has 0 aliphatic rings. The minimum absolute atomic E-state index is 0.311. The van der Waals surface area contributed by atoms with E-state index in [1.165, 1.54) is 0 Å². The summed E-state index contributed by atoms with van der Waals surface area (Å²) in [7, 11) is 0. The van der Waals surface area contributed by atoms with Crippen molar-refractivity contribution in [3.05, 3.63) is 57.6 Å². The maximum atomic E-state index is 14.8. The van der Waals surface area contributed by atoms with E-state index in [1.807, 2.05) is 0 Å². The van der Waals surface area contributed by atoms with E-state index in [1.54, 1.807) is 18.2 Å². The van der Waals surface area contributed by atoms with Crippen LogP contribution in [-0.4, -0.2) is 40.5 Å². The molecule has 3 amide bonds. The summed E-state index contributed by atoms with van der Waals surface area (Å²) in [6.45, 7) is -2.59. The highest BCUT2D eigenvalue weighted by Crippen LogP contribution is 2.29. The molecule has 0 atom stereocenters. The number of aromatic nitrogens is 1. The van der Waals surface area contributed by atoms with Gasteiger partial charge in [0.2, 0.25) is 0 Å². The number of benzene rings is 2. The fourth-order valence-corrected chi connectivity index (χ4v) is 3.63. The van der Waals surface area contributed by atoms with Gasteiger partial charge in [-0.3, -0.25) is 14.4 Å². The molecular weight excluding hydrogens is 502 g/mol. The van der Waals surface area contributed by atoms with Crippen molar-refractivity contribution in [2.75, 3.05) is 6.67 Å². The number of ether oxygens (including phenoxy) is 1. The molecule has 0 bridgehead atoms. The van der Waals surface area contributed by atoms with E-state index in [0.717, 1.165) is 17.4 Å². The summed E-state index contributed by atoms with van der Waals surface area (Å²) in [5.41, 5.74) is -1.20. The van der Waals surface area contributed by atoms with Gasteiger partial charge in [-0.15, -0.1) is 11.3 Å². The lowest BCUT2D eigenvalue weighted by molar-refractivity contribution is -0.184. The predicted molar refractivity (Wildman–Crippen MR) is 104 cm³/mol. The third-order valence-corrected chi connectivity index (χ3v) is 5.27. The van der Waals surface area contributed by atoms with Crippen molar-refractivity contribution in [2.24, 2.45) is 0 Å². The molecule has 1 heterocycles. The topological polar surface area (TPSA) is 76.6 Å². The Morgan fingerprint density at radius 1 is 1.12 bits per heavy atom. The Hall–Kier alpha value is -3.19. The molecule has 33 heavy (non-hydrogen) atoms. The maximum Gasteiger partial charge on any atom is 0.472 e. The molecule has 0 saturated carbocycles. The highest BCUT2D eigenvalue weighted by molar-refractivity contribution is 7.18. The van der Waals surface area contributed by atoms with Crippen LogP contribution >= 0.6 is 22.9 Å². The zero-order valence-electron chi connectivity index (χ0n) is 15.9. The molecule has 0 aliphatic heterocycles. The van der Waals surface area contributed by atoms with Crippen LogP contribution in [0.15, 0.2) is 30.3 Å². The van der Waals surface area contributed by atoms with Crippen LogP contribution in [0.1, 0.15) is 15.4 Å². The van der Waals surface area contributed by atoms with E-state index in [4.69, 9.17) is 16.3 Å². The smallest absolute Gasteiger partial charge is 0.472 e. The number of hydrogen-bond donors (Lipinski definition) is 0. The van der Waals surface area contributed by atoms with Gasteiger partial charge in [-0.1, -0.05) is 11.6 Å². The first-order valence-electron chi connectivity index (χ1n) is 8.64. The van der Waals surface area contributed by atoms with Crippen molar-refractivity contribution in [3.63, 3.8) is 0 Å². The molecule has 14 heteroatoms. The van der Waals surface area contributed by atoms with Gasteiger partial charge in [-0.2, -0.15) is 13.2 Å². The molecule has 2 aromatic carbocycles. The second-order valence-corrected chi connectivity index (χ2v) is 7.77. The van der Waals surface area contributed by atoms with Gasteiger partial charge in [0.25, 0.3) is 11.8 Å². The summed E-state index contributed by atoms with van der Waals surface area (Å²) in [5, 5.41) is 0.721. The molecule has 1 aromatic heterocycles. The summed E-state index contributed by atoms with van der Waals surface area (Å²) in [6, 6.07) is 6.04. The lowest BCUT2D eigenvalue weighted by Crippen LogP contribution is -2.49. The summed E-state index contributed by atoms with van der Waals surface area (Å²) in [4.78, 5) is 38.2. The average Bonchev–Trinajstić information content (AvgIpc) is 3.14. The molecule has 0 fully saturated rings. The molecule has 0 saturated heterocycles. The number of hydrogen-bond acceptors (Lipinski definition) is 6. The summed E-state index contributed by atoms with van der Waals surface area (Å²) < 4.78 is 85.7. The SMILES string of the molecule is O=C(CF)N(C(=O)c1c(F)ccc(OCc2nc3cc(Cl)ccc3s2)c1F)C(=O)C(F)(F)F. The fourth-order valence-electron chi connectivity index (χ4n) is 2.61. The molecule has 6 nitrogen and oxygen atoms in total. The number of imide groups is 3. The van der Waals surface area contributed by atoms with Gasteiger partial charge in [0.15, 0.2) is 18.2 Å². The van der Waals surface area contributed by atoms with Gasteiger partial charge < -0.3 is 4.74 Å². The van der Waals surface area contributed by atoms with Crippen LogP contribution < -0.4 is 4.74 Å². The molecule has 0 aliphatic carbocycles. The van der Waals surface area contributed by atoms with Crippen molar-refractivity contribution in [1.29, 1.82) is 0 Å².